The van der Waals surface area contributed by atoms with Crippen LogP contribution in [-0.4, -0.2) is 9.97 Å². The molecule has 1 saturated carbocycles. The molecule has 2 heterocycles. The molecule has 0 bridgehead atoms. The van der Waals surface area contributed by atoms with Gasteiger partial charge in [-0.3, -0.25) is 4.98 Å². The van der Waals surface area contributed by atoms with Gasteiger partial charge in [-0.15, -0.1) is 11.3 Å². The molecule has 0 radical (unpaired) electrons. The Morgan fingerprint density at radius 1 is 1.16 bits per heavy atom. The van der Waals surface area contributed by atoms with Crippen LogP contribution in [0.15, 0.2) is 24.5 Å². The van der Waals surface area contributed by atoms with Crippen LogP contribution >= 0.6 is 11.3 Å². The molecular weight excluding hydrogens is 254 g/mol. The third-order valence-corrected chi connectivity index (χ3v) is 5.04. The van der Waals surface area contributed by atoms with Crippen LogP contribution in [0, 0.1) is 0 Å². The van der Waals surface area contributed by atoms with Crippen LogP contribution in [0.4, 0.5) is 0 Å². The number of hydrogen-bond donors (Lipinski definition) is 1. The van der Waals surface area contributed by atoms with Gasteiger partial charge in [0.1, 0.15) is 5.01 Å². The third kappa shape index (κ3) is 2.69. The van der Waals surface area contributed by atoms with Crippen molar-refractivity contribution in [1.29, 1.82) is 0 Å². The fourth-order valence-electron chi connectivity index (χ4n) is 2.82. The Labute approximate surface area is 117 Å². The molecule has 2 aromatic heterocycles. The monoisotopic (exact) mass is 273 g/mol. The molecule has 0 spiro atoms. The first kappa shape index (κ1) is 12.8. The first-order valence-electron chi connectivity index (χ1n) is 6.98. The lowest BCUT2D eigenvalue weighted by Gasteiger charge is -2.21. The molecule has 0 saturated heterocycles. The van der Waals surface area contributed by atoms with E-state index in [1.54, 1.807) is 11.3 Å². The molecule has 1 aliphatic rings. The zero-order chi connectivity index (χ0) is 13.1. The van der Waals surface area contributed by atoms with Crippen LogP contribution in [0.1, 0.15) is 47.9 Å². The summed E-state index contributed by atoms with van der Waals surface area (Å²) in [5, 5.41) is 1.05. The maximum Gasteiger partial charge on any atom is 0.107 e. The minimum absolute atomic E-state index is 0.537. The number of thiazole rings is 1. The Bertz CT molecular complexity index is 530. The number of hydrogen-bond acceptors (Lipinski definition) is 4. The summed E-state index contributed by atoms with van der Waals surface area (Å²) in [5.74, 6) is 0.676. The lowest BCUT2D eigenvalue weighted by molar-refractivity contribution is 0.448. The first-order valence-corrected chi connectivity index (χ1v) is 7.80. The summed E-state index contributed by atoms with van der Waals surface area (Å²) in [6.45, 7) is 0.537. The molecule has 4 heteroatoms. The molecule has 100 valence electrons. The summed E-state index contributed by atoms with van der Waals surface area (Å²) in [6, 6.07) is 4.09. The van der Waals surface area contributed by atoms with Gasteiger partial charge in [0.15, 0.2) is 0 Å². The highest BCUT2D eigenvalue weighted by Gasteiger charge is 2.22. The molecular formula is C15H19N3S. The van der Waals surface area contributed by atoms with Crippen LogP contribution in [0.2, 0.25) is 0 Å². The molecule has 3 nitrogen and oxygen atoms in total. The second-order valence-electron chi connectivity index (χ2n) is 5.10. The number of pyridine rings is 1. The van der Waals surface area contributed by atoms with Crippen LogP contribution < -0.4 is 5.73 Å². The van der Waals surface area contributed by atoms with E-state index in [9.17, 15) is 0 Å². The van der Waals surface area contributed by atoms with Gasteiger partial charge in [0.25, 0.3) is 0 Å². The summed E-state index contributed by atoms with van der Waals surface area (Å²) in [7, 11) is 0. The fraction of sp³-hybridized carbons (Fsp3) is 0.467. The van der Waals surface area contributed by atoms with Crippen LogP contribution in [0.5, 0.6) is 0 Å². The van der Waals surface area contributed by atoms with Gasteiger partial charge < -0.3 is 5.73 Å². The van der Waals surface area contributed by atoms with Gasteiger partial charge in [-0.05, 0) is 30.9 Å². The first-order chi connectivity index (χ1) is 9.38. The van der Waals surface area contributed by atoms with Crippen molar-refractivity contribution in [3.63, 3.8) is 0 Å². The van der Waals surface area contributed by atoms with Gasteiger partial charge in [0, 0.05) is 29.4 Å². The van der Waals surface area contributed by atoms with Crippen molar-refractivity contribution in [3.8, 4) is 11.3 Å². The van der Waals surface area contributed by atoms with E-state index in [-0.39, 0.29) is 0 Å². The maximum absolute atomic E-state index is 5.78. The van der Waals surface area contributed by atoms with Gasteiger partial charge in [-0.25, -0.2) is 4.98 Å². The number of rotatable bonds is 3. The Morgan fingerprint density at radius 2 is 1.89 bits per heavy atom. The molecule has 2 aromatic rings. The van der Waals surface area contributed by atoms with Crippen molar-refractivity contribution in [3.05, 3.63) is 34.4 Å². The molecule has 0 atom stereocenters. The van der Waals surface area contributed by atoms with E-state index >= 15 is 0 Å². The molecule has 0 amide bonds. The Morgan fingerprint density at radius 3 is 2.58 bits per heavy atom. The van der Waals surface area contributed by atoms with Crippen molar-refractivity contribution < 1.29 is 0 Å². The highest BCUT2D eigenvalue weighted by molar-refractivity contribution is 7.12. The van der Waals surface area contributed by atoms with Crippen molar-refractivity contribution in [2.24, 2.45) is 5.73 Å². The fourth-order valence-corrected chi connectivity index (χ4v) is 3.96. The number of aromatic nitrogens is 2. The van der Waals surface area contributed by atoms with E-state index in [1.807, 2.05) is 24.5 Å². The molecule has 0 aromatic carbocycles. The van der Waals surface area contributed by atoms with E-state index in [2.05, 4.69) is 4.98 Å². The summed E-state index contributed by atoms with van der Waals surface area (Å²) >= 11 is 1.80. The van der Waals surface area contributed by atoms with Crippen molar-refractivity contribution in [2.75, 3.05) is 0 Å². The van der Waals surface area contributed by atoms with Gasteiger partial charge in [-0.1, -0.05) is 19.3 Å². The summed E-state index contributed by atoms with van der Waals surface area (Å²) in [6.07, 6.45) is 10.3. The van der Waals surface area contributed by atoms with E-state index in [1.165, 1.54) is 42.5 Å². The van der Waals surface area contributed by atoms with E-state index in [4.69, 9.17) is 10.7 Å². The van der Waals surface area contributed by atoms with E-state index in [0.717, 1.165) is 10.7 Å². The van der Waals surface area contributed by atoms with Crippen LogP contribution in [0.3, 0.4) is 0 Å². The smallest absolute Gasteiger partial charge is 0.107 e. The summed E-state index contributed by atoms with van der Waals surface area (Å²) < 4.78 is 0. The highest BCUT2D eigenvalue weighted by Crippen LogP contribution is 2.41. The average molecular weight is 273 g/mol. The molecule has 3 rings (SSSR count). The summed E-state index contributed by atoms with van der Waals surface area (Å²) in [5.41, 5.74) is 8.09. The second kappa shape index (κ2) is 5.80. The minimum Gasteiger partial charge on any atom is -0.325 e. The predicted molar refractivity (Wildman–Crippen MR) is 79.1 cm³/mol. The van der Waals surface area contributed by atoms with Gasteiger partial charge in [0.2, 0.25) is 0 Å². The lowest BCUT2D eigenvalue weighted by atomic mass is 9.87. The molecule has 19 heavy (non-hydrogen) atoms. The quantitative estimate of drug-likeness (QED) is 0.927. The SMILES string of the molecule is NCc1nc(-c2ccncc2)c(C2CCCCC2)s1. The molecule has 1 fully saturated rings. The molecule has 0 aliphatic heterocycles. The average Bonchev–Trinajstić information content (AvgIpc) is 2.93. The lowest BCUT2D eigenvalue weighted by Crippen LogP contribution is -2.04. The van der Waals surface area contributed by atoms with Crippen LogP contribution in [-0.2, 0) is 6.54 Å². The Balaban J connectivity index is 2.00. The third-order valence-electron chi connectivity index (χ3n) is 3.80. The van der Waals surface area contributed by atoms with Gasteiger partial charge >= 0.3 is 0 Å². The maximum atomic E-state index is 5.78. The van der Waals surface area contributed by atoms with Gasteiger partial charge in [0.05, 0.1) is 5.69 Å². The number of nitrogens with two attached hydrogens (primary N) is 1. The van der Waals surface area contributed by atoms with E-state index in [0.29, 0.717) is 12.5 Å². The number of nitrogens with zero attached hydrogens (tertiary/aromatic N) is 2. The zero-order valence-corrected chi connectivity index (χ0v) is 11.8. The molecule has 1 aliphatic carbocycles. The van der Waals surface area contributed by atoms with Crippen LogP contribution in [0.25, 0.3) is 11.3 Å². The topological polar surface area (TPSA) is 51.8 Å². The van der Waals surface area contributed by atoms with E-state index < -0.39 is 0 Å². The largest absolute Gasteiger partial charge is 0.325 e. The van der Waals surface area contributed by atoms with Crippen molar-refractivity contribution >= 4 is 11.3 Å². The second-order valence-corrected chi connectivity index (χ2v) is 6.21. The molecule has 2 N–H and O–H groups in total. The summed E-state index contributed by atoms with van der Waals surface area (Å²) in [4.78, 5) is 10.3. The zero-order valence-electron chi connectivity index (χ0n) is 11.0. The van der Waals surface area contributed by atoms with Crippen molar-refractivity contribution in [1.82, 2.24) is 9.97 Å². The standard InChI is InChI=1S/C15H19N3S/c16-10-13-18-14(11-6-8-17-9-7-11)15(19-13)12-4-2-1-3-5-12/h6-9,12H,1-5,10,16H2. The predicted octanol–water partition coefficient (Wildman–Crippen LogP) is 3.71. The normalized spacial score (nSPS) is 16.7. The molecule has 0 unspecified atom stereocenters. The Hall–Kier alpha value is -1.26. The highest BCUT2D eigenvalue weighted by atomic mass is 32.1. The van der Waals surface area contributed by atoms with Gasteiger partial charge in [-0.2, -0.15) is 0 Å². The van der Waals surface area contributed by atoms with Crippen molar-refractivity contribution in [2.45, 2.75) is 44.6 Å². The minimum atomic E-state index is 0.537. The Kier molecular flexibility index (Phi) is 3.89.